The summed E-state index contributed by atoms with van der Waals surface area (Å²) in [5.74, 6) is -0.822. The van der Waals surface area contributed by atoms with Crippen LogP contribution in [0.15, 0.2) is 35.7 Å². The number of rotatable bonds is 5. The fourth-order valence-corrected chi connectivity index (χ4v) is 3.91. The summed E-state index contributed by atoms with van der Waals surface area (Å²) in [7, 11) is 1.78. The molecule has 1 aromatic heterocycles. The number of alkyl halides is 3. The molecule has 0 unspecified atom stereocenters. The Hall–Kier alpha value is -2.36. The number of Topliss-reactive ketones (excluding diaryl/α,β-unsaturated/α-hetero) is 1. The van der Waals surface area contributed by atoms with Crippen LogP contribution in [0.25, 0.3) is 0 Å². The number of hydrogen-bond donors (Lipinski definition) is 0. The molecule has 1 fully saturated rings. The van der Waals surface area contributed by atoms with Gasteiger partial charge in [0.2, 0.25) is 5.91 Å². The predicted octanol–water partition coefficient (Wildman–Crippen LogP) is 3.05. The summed E-state index contributed by atoms with van der Waals surface area (Å²) in [6.45, 7) is 0.748. The van der Waals surface area contributed by atoms with Gasteiger partial charge >= 0.3 is 6.18 Å². The van der Waals surface area contributed by atoms with Crippen LogP contribution in [-0.4, -0.2) is 50.2 Å². The second kappa shape index (κ2) is 8.34. The number of hydrogen-bond acceptors (Lipinski definition) is 5. The summed E-state index contributed by atoms with van der Waals surface area (Å²) in [6.07, 6.45) is -1.77. The lowest BCUT2D eigenvalue weighted by Gasteiger charge is -2.32. The highest BCUT2D eigenvalue weighted by Crippen LogP contribution is 2.31. The Morgan fingerprint density at radius 1 is 1.32 bits per heavy atom. The molecule has 150 valence electrons. The predicted molar refractivity (Wildman–Crippen MR) is 96.8 cm³/mol. The summed E-state index contributed by atoms with van der Waals surface area (Å²) >= 11 is 1.25. The number of nitrogens with zero attached hydrogens (tertiary/aromatic N) is 4. The summed E-state index contributed by atoms with van der Waals surface area (Å²) in [5.41, 5.74) is -0.815. The number of halogens is 3. The molecule has 1 saturated heterocycles. The van der Waals surface area contributed by atoms with Crippen LogP contribution in [0.1, 0.15) is 28.8 Å². The number of carbonyl (C=O) groups is 2. The standard InChI is InChI=1S/C18H19F3N4O2S/c1-24-11-22-23-17(24)28-10-15(26)25-7-3-5-13(9-25)16(27)12-4-2-6-14(8-12)18(19,20)21/h2,4,6,8,11,13H,3,5,7,9-10H2,1H3/t13-/m0/s1. The first kappa shape index (κ1) is 20.4. The second-order valence-electron chi connectivity index (χ2n) is 6.63. The lowest BCUT2D eigenvalue weighted by atomic mass is 9.89. The van der Waals surface area contributed by atoms with Gasteiger partial charge in [0.15, 0.2) is 10.9 Å². The van der Waals surface area contributed by atoms with E-state index in [1.165, 1.54) is 30.2 Å². The lowest BCUT2D eigenvalue weighted by molar-refractivity contribution is -0.137. The van der Waals surface area contributed by atoms with Crippen molar-refractivity contribution in [3.8, 4) is 0 Å². The number of carbonyl (C=O) groups excluding carboxylic acids is 2. The van der Waals surface area contributed by atoms with Crippen molar-refractivity contribution in [3.05, 3.63) is 41.7 Å². The van der Waals surface area contributed by atoms with Gasteiger partial charge in [-0.2, -0.15) is 13.2 Å². The number of aryl methyl sites for hydroxylation is 1. The minimum Gasteiger partial charge on any atom is -0.341 e. The maximum atomic E-state index is 12.9. The summed E-state index contributed by atoms with van der Waals surface area (Å²) in [6, 6.07) is 4.45. The Labute approximate surface area is 164 Å². The molecule has 0 radical (unpaired) electrons. The molecule has 0 saturated carbocycles. The quantitative estimate of drug-likeness (QED) is 0.558. The van der Waals surface area contributed by atoms with Gasteiger partial charge in [-0.15, -0.1) is 10.2 Å². The Balaban J connectivity index is 1.63. The van der Waals surface area contributed by atoms with Crippen molar-refractivity contribution in [1.82, 2.24) is 19.7 Å². The molecule has 2 aromatic rings. The van der Waals surface area contributed by atoms with Crippen molar-refractivity contribution >= 4 is 23.5 Å². The molecule has 0 N–H and O–H groups in total. The van der Waals surface area contributed by atoms with E-state index in [1.54, 1.807) is 16.5 Å². The third-order valence-corrected chi connectivity index (χ3v) is 5.63. The van der Waals surface area contributed by atoms with Gasteiger partial charge in [-0.05, 0) is 25.0 Å². The van der Waals surface area contributed by atoms with E-state index in [9.17, 15) is 22.8 Å². The SMILES string of the molecule is Cn1cnnc1SCC(=O)N1CCC[C@H](C(=O)c2cccc(C(F)(F)F)c2)C1. The van der Waals surface area contributed by atoms with Gasteiger partial charge < -0.3 is 9.47 Å². The molecule has 28 heavy (non-hydrogen) atoms. The highest BCUT2D eigenvalue weighted by Gasteiger charge is 2.33. The molecule has 0 spiro atoms. The summed E-state index contributed by atoms with van der Waals surface area (Å²) in [5, 5.41) is 8.26. The van der Waals surface area contributed by atoms with Gasteiger partial charge in [-0.3, -0.25) is 9.59 Å². The normalized spacial score (nSPS) is 17.6. The van der Waals surface area contributed by atoms with Crippen LogP contribution in [0.4, 0.5) is 13.2 Å². The molecule has 10 heteroatoms. The topological polar surface area (TPSA) is 68.1 Å². The molecule has 2 heterocycles. The highest BCUT2D eigenvalue weighted by molar-refractivity contribution is 7.99. The summed E-state index contributed by atoms with van der Waals surface area (Å²) < 4.78 is 40.4. The van der Waals surface area contributed by atoms with E-state index >= 15 is 0 Å². The highest BCUT2D eigenvalue weighted by atomic mass is 32.2. The molecule has 6 nitrogen and oxygen atoms in total. The molecule has 1 aromatic carbocycles. The van der Waals surface area contributed by atoms with Crippen LogP contribution in [-0.2, 0) is 18.0 Å². The van der Waals surface area contributed by atoms with Gasteiger partial charge in [0.05, 0.1) is 11.3 Å². The van der Waals surface area contributed by atoms with E-state index in [4.69, 9.17) is 0 Å². The van der Waals surface area contributed by atoms with E-state index < -0.39 is 17.7 Å². The van der Waals surface area contributed by atoms with Crippen molar-refractivity contribution in [2.45, 2.75) is 24.2 Å². The molecular weight excluding hydrogens is 393 g/mol. The van der Waals surface area contributed by atoms with Gasteiger partial charge in [-0.1, -0.05) is 23.9 Å². The van der Waals surface area contributed by atoms with Crippen molar-refractivity contribution < 1.29 is 22.8 Å². The first-order valence-corrected chi connectivity index (χ1v) is 9.70. The number of benzene rings is 1. The largest absolute Gasteiger partial charge is 0.416 e. The molecule has 1 atom stereocenters. The van der Waals surface area contributed by atoms with Crippen LogP contribution in [0.3, 0.4) is 0 Å². The molecule has 0 aliphatic carbocycles. The molecular formula is C18H19F3N4O2S. The van der Waals surface area contributed by atoms with Crippen LogP contribution < -0.4 is 0 Å². The zero-order chi connectivity index (χ0) is 20.3. The van der Waals surface area contributed by atoms with Crippen molar-refractivity contribution in [2.75, 3.05) is 18.8 Å². The fourth-order valence-electron chi connectivity index (χ4n) is 3.12. The zero-order valence-electron chi connectivity index (χ0n) is 15.1. The summed E-state index contributed by atoms with van der Waals surface area (Å²) in [4.78, 5) is 26.8. The molecule has 0 bridgehead atoms. The number of aromatic nitrogens is 3. The first-order chi connectivity index (χ1) is 13.3. The third-order valence-electron chi connectivity index (χ3n) is 4.61. The van der Waals surface area contributed by atoms with Crippen molar-refractivity contribution in [2.24, 2.45) is 13.0 Å². The first-order valence-electron chi connectivity index (χ1n) is 8.71. The average Bonchev–Trinajstić information content (AvgIpc) is 3.10. The lowest BCUT2D eigenvalue weighted by Crippen LogP contribution is -2.43. The Morgan fingerprint density at radius 3 is 2.79 bits per heavy atom. The second-order valence-corrected chi connectivity index (χ2v) is 7.58. The number of amides is 1. The number of ketones is 1. The minimum atomic E-state index is -4.50. The third kappa shape index (κ3) is 4.73. The van der Waals surface area contributed by atoms with E-state index in [1.807, 2.05) is 0 Å². The van der Waals surface area contributed by atoms with Crippen molar-refractivity contribution in [1.29, 1.82) is 0 Å². The zero-order valence-corrected chi connectivity index (χ0v) is 16.0. The molecule has 1 aliphatic rings. The Bertz CT molecular complexity index is 869. The van der Waals surface area contributed by atoms with Crippen LogP contribution in [0.5, 0.6) is 0 Å². The van der Waals surface area contributed by atoms with Gasteiger partial charge in [0.1, 0.15) is 6.33 Å². The molecule has 1 aliphatic heterocycles. The maximum absolute atomic E-state index is 12.9. The van der Waals surface area contributed by atoms with E-state index in [-0.39, 0.29) is 29.6 Å². The average molecular weight is 412 g/mol. The van der Waals surface area contributed by atoms with E-state index in [0.717, 1.165) is 12.1 Å². The molecule has 3 rings (SSSR count). The van der Waals surface area contributed by atoms with Gasteiger partial charge in [0, 0.05) is 31.6 Å². The minimum absolute atomic E-state index is 0.0302. The molecule has 1 amide bonds. The van der Waals surface area contributed by atoms with Crippen LogP contribution in [0.2, 0.25) is 0 Å². The van der Waals surface area contributed by atoms with Crippen LogP contribution in [0, 0.1) is 5.92 Å². The smallest absolute Gasteiger partial charge is 0.341 e. The van der Waals surface area contributed by atoms with E-state index in [2.05, 4.69) is 10.2 Å². The number of thioether (sulfide) groups is 1. The van der Waals surface area contributed by atoms with Gasteiger partial charge in [-0.25, -0.2) is 0 Å². The Kier molecular flexibility index (Phi) is 6.07. The van der Waals surface area contributed by atoms with E-state index in [0.29, 0.717) is 24.5 Å². The number of piperidine rings is 1. The van der Waals surface area contributed by atoms with Crippen molar-refractivity contribution in [3.63, 3.8) is 0 Å². The fraction of sp³-hybridized carbons (Fsp3) is 0.444. The Morgan fingerprint density at radius 2 is 2.11 bits per heavy atom. The maximum Gasteiger partial charge on any atom is 0.416 e. The number of likely N-dealkylation sites (tertiary alicyclic amines) is 1. The van der Waals surface area contributed by atoms with Crippen LogP contribution >= 0.6 is 11.8 Å². The van der Waals surface area contributed by atoms with Gasteiger partial charge in [0.25, 0.3) is 0 Å². The monoisotopic (exact) mass is 412 g/mol.